The van der Waals surface area contributed by atoms with Crippen LogP contribution in [-0.2, 0) is 6.54 Å². The minimum atomic E-state index is -0.602. The largest absolute Gasteiger partial charge is 0.389 e. The Hall–Kier alpha value is -1.12. The third kappa shape index (κ3) is 3.50. The molecule has 110 valence electrons. The average molecular weight is 273 g/mol. The van der Waals surface area contributed by atoms with Crippen LogP contribution < -0.4 is 0 Å². The van der Waals surface area contributed by atoms with Crippen LogP contribution in [0.4, 0.5) is 0 Å². The summed E-state index contributed by atoms with van der Waals surface area (Å²) in [6, 6.07) is 10.7. The number of rotatable bonds is 4. The predicted octanol–water partition coefficient (Wildman–Crippen LogP) is 3.61. The molecule has 1 aliphatic carbocycles. The lowest BCUT2D eigenvalue weighted by Gasteiger charge is -2.45. The number of likely N-dealkylation sites (N-methyl/N-ethyl adjacent to an activating group) is 1. The van der Waals surface area contributed by atoms with E-state index in [9.17, 15) is 5.11 Å². The van der Waals surface area contributed by atoms with E-state index < -0.39 is 5.60 Å². The van der Waals surface area contributed by atoms with Gasteiger partial charge in [-0.1, -0.05) is 42.5 Å². The van der Waals surface area contributed by atoms with E-state index in [0.717, 1.165) is 25.8 Å². The molecule has 2 heteroatoms. The van der Waals surface area contributed by atoms with Gasteiger partial charge in [0, 0.05) is 12.6 Å². The van der Waals surface area contributed by atoms with Crippen molar-refractivity contribution in [3.05, 3.63) is 48.0 Å². The van der Waals surface area contributed by atoms with Crippen molar-refractivity contribution in [2.75, 3.05) is 7.05 Å². The summed E-state index contributed by atoms with van der Waals surface area (Å²) in [5, 5.41) is 10.7. The zero-order chi connectivity index (χ0) is 14.8. The van der Waals surface area contributed by atoms with E-state index >= 15 is 0 Å². The molecule has 2 rings (SSSR count). The molecule has 0 bridgehead atoms. The van der Waals surface area contributed by atoms with E-state index in [0.29, 0.717) is 5.92 Å². The Balaban J connectivity index is 2.09. The van der Waals surface area contributed by atoms with Gasteiger partial charge in [0.05, 0.1) is 5.60 Å². The summed E-state index contributed by atoms with van der Waals surface area (Å²) in [4.78, 5) is 2.30. The monoisotopic (exact) mass is 273 g/mol. The van der Waals surface area contributed by atoms with E-state index in [1.807, 2.05) is 13.0 Å². The van der Waals surface area contributed by atoms with Gasteiger partial charge in [-0.2, -0.15) is 0 Å². The quantitative estimate of drug-likeness (QED) is 0.847. The number of hydrogen-bond donors (Lipinski definition) is 1. The van der Waals surface area contributed by atoms with Gasteiger partial charge in [0.2, 0.25) is 0 Å². The minimum Gasteiger partial charge on any atom is -0.389 e. The van der Waals surface area contributed by atoms with Gasteiger partial charge in [0.15, 0.2) is 0 Å². The van der Waals surface area contributed by atoms with E-state index in [1.165, 1.54) is 11.1 Å². The predicted molar refractivity (Wildman–Crippen MR) is 84.5 cm³/mol. The number of benzene rings is 1. The van der Waals surface area contributed by atoms with Crippen molar-refractivity contribution in [1.82, 2.24) is 4.90 Å². The Morgan fingerprint density at radius 1 is 1.40 bits per heavy atom. The summed E-state index contributed by atoms with van der Waals surface area (Å²) in [5.74, 6) is 0.540. The highest BCUT2D eigenvalue weighted by Gasteiger charge is 2.40. The second-order valence-electron chi connectivity index (χ2n) is 6.59. The fourth-order valence-electron chi connectivity index (χ4n) is 3.36. The fourth-order valence-corrected chi connectivity index (χ4v) is 3.36. The van der Waals surface area contributed by atoms with Crippen LogP contribution in [0.3, 0.4) is 0 Å². The number of allylic oxidation sites excluding steroid dienone is 1. The molecule has 1 N–H and O–H groups in total. The average Bonchev–Trinajstić information content (AvgIpc) is 2.39. The molecule has 1 fully saturated rings. The van der Waals surface area contributed by atoms with Gasteiger partial charge in [-0.05, 0) is 51.6 Å². The van der Waals surface area contributed by atoms with Crippen molar-refractivity contribution in [3.8, 4) is 0 Å². The van der Waals surface area contributed by atoms with Gasteiger partial charge in [-0.3, -0.25) is 4.90 Å². The molecule has 0 radical (unpaired) electrons. The molecule has 0 amide bonds. The molecular weight excluding hydrogens is 246 g/mol. The Morgan fingerprint density at radius 3 is 2.65 bits per heavy atom. The lowest BCUT2D eigenvalue weighted by atomic mass is 9.73. The third-order valence-corrected chi connectivity index (χ3v) is 4.73. The SMILES string of the molecule is C=C(C)[C@@H]1CC[C@](C)(O)[C@@H](N(C)Cc2ccccc2)C1. The van der Waals surface area contributed by atoms with E-state index in [4.69, 9.17) is 0 Å². The summed E-state index contributed by atoms with van der Waals surface area (Å²) < 4.78 is 0. The molecule has 0 aliphatic heterocycles. The Morgan fingerprint density at radius 2 is 2.05 bits per heavy atom. The zero-order valence-corrected chi connectivity index (χ0v) is 13.0. The van der Waals surface area contributed by atoms with Crippen molar-refractivity contribution in [2.24, 2.45) is 5.92 Å². The summed E-state index contributed by atoms with van der Waals surface area (Å²) >= 11 is 0. The van der Waals surface area contributed by atoms with Crippen molar-refractivity contribution in [1.29, 1.82) is 0 Å². The summed E-state index contributed by atoms with van der Waals surface area (Å²) in [7, 11) is 2.12. The highest BCUT2D eigenvalue weighted by molar-refractivity contribution is 5.15. The molecule has 0 aromatic heterocycles. The lowest BCUT2D eigenvalue weighted by molar-refractivity contribution is -0.0641. The van der Waals surface area contributed by atoms with E-state index in [-0.39, 0.29) is 6.04 Å². The van der Waals surface area contributed by atoms with Crippen LogP contribution in [0, 0.1) is 5.92 Å². The van der Waals surface area contributed by atoms with Gasteiger partial charge in [0.25, 0.3) is 0 Å². The molecule has 20 heavy (non-hydrogen) atoms. The van der Waals surface area contributed by atoms with Crippen molar-refractivity contribution in [3.63, 3.8) is 0 Å². The molecule has 1 saturated carbocycles. The molecule has 3 atom stereocenters. The smallest absolute Gasteiger partial charge is 0.0774 e. The molecule has 1 aromatic rings. The van der Waals surface area contributed by atoms with Crippen molar-refractivity contribution < 1.29 is 5.11 Å². The molecule has 0 heterocycles. The van der Waals surface area contributed by atoms with Gasteiger partial charge in [0.1, 0.15) is 0 Å². The maximum atomic E-state index is 10.7. The Labute approximate surface area is 123 Å². The lowest BCUT2D eigenvalue weighted by Crippen LogP contribution is -2.53. The highest BCUT2D eigenvalue weighted by Crippen LogP contribution is 2.37. The van der Waals surface area contributed by atoms with Crippen LogP contribution in [0.5, 0.6) is 0 Å². The minimum absolute atomic E-state index is 0.193. The molecule has 2 nitrogen and oxygen atoms in total. The second kappa shape index (κ2) is 6.11. The maximum absolute atomic E-state index is 10.7. The van der Waals surface area contributed by atoms with Gasteiger partial charge >= 0.3 is 0 Å². The summed E-state index contributed by atoms with van der Waals surface area (Å²) in [6.45, 7) is 9.07. The van der Waals surface area contributed by atoms with Gasteiger partial charge < -0.3 is 5.11 Å². The van der Waals surface area contributed by atoms with Crippen LogP contribution >= 0.6 is 0 Å². The number of aliphatic hydroxyl groups is 1. The molecular formula is C18H27NO. The van der Waals surface area contributed by atoms with Crippen LogP contribution in [-0.4, -0.2) is 28.7 Å². The second-order valence-corrected chi connectivity index (χ2v) is 6.59. The van der Waals surface area contributed by atoms with Gasteiger partial charge in [-0.25, -0.2) is 0 Å². The molecule has 0 saturated heterocycles. The molecule has 0 spiro atoms. The maximum Gasteiger partial charge on any atom is 0.0774 e. The highest BCUT2D eigenvalue weighted by atomic mass is 16.3. The van der Waals surface area contributed by atoms with E-state index in [2.05, 4.69) is 49.7 Å². The molecule has 1 aromatic carbocycles. The first kappa shape index (κ1) is 15.3. The molecule has 0 unspecified atom stereocenters. The Bertz CT molecular complexity index is 452. The molecule has 1 aliphatic rings. The topological polar surface area (TPSA) is 23.5 Å². The first-order valence-electron chi connectivity index (χ1n) is 7.52. The summed E-state index contributed by atoms with van der Waals surface area (Å²) in [5.41, 5.74) is 1.94. The van der Waals surface area contributed by atoms with Crippen molar-refractivity contribution in [2.45, 2.75) is 51.3 Å². The van der Waals surface area contributed by atoms with Crippen LogP contribution in [0.1, 0.15) is 38.7 Å². The fraction of sp³-hybridized carbons (Fsp3) is 0.556. The summed E-state index contributed by atoms with van der Waals surface area (Å²) in [6.07, 6.45) is 2.91. The third-order valence-electron chi connectivity index (χ3n) is 4.73. The first-order valence-corrected chi connectivity index (χ1v) is 7.52. The number of hydrogen-bond acceptors (Lipinski definition) is 2. The van der Waals surface area contributed by atoms with Crippen molar-refractivity contribution >= 4 is 0 Å². The number of nitrogens with zero attached hydrogens (tertiary/aromatic N) is 1. The van der Waals surface area contributed by atoms with Crippen LogP contribution in [0.25, 0.3) is 0 Å². The van der Waals surface area contributed by atoms with E-state index in [1.54, 1.807) is 0 Å². The first-order chi connectivity index (χ1) is 9.40. The van der Waals surface area contributed by atoms with Crippen LogP contribution in [0.15, 0.2) is 42.5 Å². The normalized spacial score (nSPS) is 30.4. The Kier molecular flexibility index (Phi) is 4.66. The van der Waals surface area contributed by atoms with Crippen LogP contribution in [0.2, 0.25) is 0 Å². The van der Waals surface area contributed by atoms with Gasteiger partial charge in [-0.15, -0.1) is 0 Å². The zero-order valence-electron chi connectivity index (χ0n) is 13.0. The standard InChI is InChI=1S/C18H27NO/c1-14(2)16-10-11-18(3,20)17(12-16)19(4)13-15-8-6-5-7-9-15/h5-9,16-17,20H,1,10-13H2,2-4H3/t16-,17+,18+/m1/s1.